The molecule has 2 heteroatoms. The highest BCUT2D eigenvalue weighted by Gasteiger charge is 2.36. The lowest BCUT2D eigenvalue weighted by atomic mass is 9.85. The van der Waals surface area contributed by atoms with Gasteiger partial charge < -0.3 is 0 Å². The average molecular weight is 474 g/mol. The molecule has 2 atom stereocenters. The van der Waals surface area contributed by atoms with Crippen molar-refractivity contribution in [2.24, 2.45) is 11.8 Å². The second-order valence-corrected chi connectivity index (χ2v) is 10.1. The molecule has 0 spiro atoms. The molecule has 0 saturated heterocycles. The molecule has 2 aliphatic rings. The van der Waals surface area contributed by atoms with Gasteiger partial charge in [-0.25, -0.2) is 0 Å². The van der Waals surface area contributed by atoms with Crippen LogP contribution in [0.15, 0.2) is 21.1 Å². The van der Waals surface area contributed by atoms with Crippen molar-refractivity contribution in [3.8, 4) is 0 Å². The molecule has 2 aromatic carbocycles. The van der Waals surface area contributed by atoms with Gasteiger partial charge in [0.25, 0.3) is 0 Å². The molecule has 0 unspecified atom stereocenters. The van der Waals surface area contributed by atoms with Crippen LogP contribution in [0.4, 0.5) is 0 Å². The summed E-state index contributed by atoms with van der Waals surface area (Å²) in [6.07, 6.45) is 2.33. The van der Waals surface area contributed by atoms with Crippen LogP contribution in [0.2, 0.25) is 0 Å². The van der Waals surface area contributed by atoms with Gasteiger partial charge in [-0.2, -0.15) is 0 Å². The molecule has 0 aromatic heterocycles. The van der Waals surface area contributed by atoms with Gasteiger partial charge >= 0.3 is 0 Å². The van der Waals surface area contributed by atoms with Crippen LogP contribution in [-0.2, 0) is 12.8 Å². The normalized spacial score (nSPS) is 24.2. The predicted molar refractivity (Wildman–Crippen MR) is 120 cm³/mol. The van der Waals surface area contributed by atoms with Gasteiger partial charge in [0.05, 0.1) is 0 Å². The lowest BCUT2D eigenvalue weighted by Gasteiger charge is -2.19. The number of allylic oxidation sites excluding steroid dienone is 2. The molecular formula is C24H26Br2. The van der Waals surface area contributed by atoms with Crippen LogP contribution in [0, 0.1) is 39.5 Å². The zero-order valence-electron chi connectivity index (χ0n) is 16.5. The van der Waals surface area contributed by atoms with E-state index in [9.17, 15) is 0 Å². The van der Waals surface area contributed by atoms with E-state index in [1.165, 1.54) is 42.3 Å². The van der Waals surface area contributed by atoms with Gasteiger partial charge in [-0.3, -0.25) is 0 Å². The Labute approximate surface area is 174 Å². The minimum absolute atomic E-state index is 0.587. The van der Waals surface area contributed by atoms with Crippen molar-refractivity contribution in [3.05, 3.63) is 65.6 Å². The first kappa shape index (κ1) is 18.5. The summed E-state index contributed by atoms with van der Waals surface area (Å²) in [6.45, 7) is 13.9. The van der Waals surface area contributed by atoms with Gasteiger partial charge in [0, 0.05) is 8.95 Å². The number of rotatable bonds is 0. The van der Waals surface area contributed by atoms with E-state index in [1.54, 1.807) is 22.3 Å². The maximum absolute atomic E-state index is 3.77. The highest BCUT2D eigenvalue weighted by atomic mass is 79.9. The molecule has 2 aliphatic carbocycles. The number of hydrogen-bond acceptors (Lipinski definition) is 0. The summed E-state index contributed by atoms with van der Waals surface area (Å²) in [5.74, 6) is 1.17. The molecule has 0 aliphatic heterocycles. The maximum Gasteiger partial charge on any atom is 0.0210 e. The molecule has 0 amide bonds. The Morgan fingerprint density at radius 2 is 1.04 bits per heavy atom. The summed E-state index contributed by atoms with van der Waals surface area (Å²) in [4.78, 5) is 0. The molecule has 2 aromatic rings. The molecule has 0 bridgehead atoms. The number of aryl methyl sites for hydroxylation is 2. The van der Waals surface area contributed by atoms with E-state index in [1.807, 2.05) is 0 Å². The summed E-state index contributed by atoms with van der Waals surface area (Å²) < 4.78 is 2.51. The number of fused-ring (bicyclic) bond motifs is 2. The van der Waals surface area contributed by atoms with Gasteiger partial charge in [0.1, 0.15) is 0 Å². The van der Waals surface area contributed by atoms with Crippen LogP contribution in [0.25, 0.3) is 11.1 Å². The first-order chi connectivity index (χ1) is 12.2. The molecule has 26 heavy (non-hydrogen) atoms. The number of hydrogen-bond donors (Lipinski definition) is 0. The Morgan fingerprint density at radius 3 is 1.38 bits per heavy atom. The third-order valence-electron chi connectivity index (χ3n) is 6.54. The van der Waals surface area contributed by atoms with Crippen LogP contribution in [0.5, 0.6) is 0 Å². The maximum atomic E-state index is 3.77. The third-order valence-corrected chi connectivity index (χ3v) is 8.18. The van der Waals surface area contributed by atoms with Crippen LogP contribution >= 0.6 is 31.9 Å². The fourth-order valence-corrected chi connectivity index (χ4v) is 6.42. The molecule has 0 radical (unpaired) electrons. The van der Waals surface area contributed by atoms with E-state index in [2.05, 4.69) is 85.5 Å². The minimum atomic E-state index is 0.587. The quantitative estimate of drug-likeness (QED) is 0.367. The van der Waals surface area contributed by atoms with Gasteiger partial charge in [0.15, 0.2) is 0 Å². The topological polar surface area (TPSA) is 0 Å². The van der Waals surface area contributed by atoms with Crippen LogP contribution < -0.4 is 0 Å². The first-order valence-electron chi connectivity index (χ1n) is 9.54. The van der Waals surface area contributed by atoms with E-state index >= 15 is 0 Å². The summed E-state index contributed by atoms with van der Waals surface area (Å²) in [7, 11) is 0. The second-order valence-electron chi connectivity index (χ2n) is 8.35. The monoisotopic (exact) mass is 472 g/mol. The highest BCUT2D eigenvalue weighted by Crippen LogP contribution is 2.52. The predicted octanol–water partition coefficient (Wildman–Crippen LogP) is 7.74. The minimum Gasteiger partial charge on any atom is -0.0581 e. The summed E-state index contributed by atoms with van der Waals surface area (Å²) in [6, 6.07) is 4.62. The van der Waals surface area contributed by atoms with E-state index in [4.69, 9.17) is 0 Å². The molecule has 4 rings (SSSR count). The van der Waals surface area contributed by atoms with Gasteiger partial charge in [-0.05, 0) is 120 Å². The SMILES string of the molecule is Cc1cc(Br)c(C)c2c1/C(=C1/c3c(C)cc(Br)c(C)c3C[C@H]1C)[C@H](C)C2. The molecule has 0 saturated carbocycles. The van der Waals surface area contributed by atoms with Crippen molar-refractivity contribution in [1.29, 1.82) is 0 Å². The average Bonchev–Trinajstić information content (AvgIpc) is 3.08. The summed E-state index contributed by atoms with van der Waals surface area (Å²) in [5.41, 5.74) is 15.1. The molecule has 0 heterocycles. The Hall–Kier alpha value is -0.860. The Kier molecular flexibility index (Phi) is 4.51. The first-order valence-corrected chi connectivity index (χ1v) is 11.1. The van der Waals surface area contributed by atoms with Crippen LogP contribution in [0.3, 0.4) is 0 Å². The Bertz CT molecular complexity index is 899. The Morgan fingerprint density at radius 1 is 0.692 bits per heavy atom. The fourth-order valence-electron chi connectivity index (χ4n) is 5.25. The fraction of sp³-hybridized carbons (Fsp3) is 0.417. The van der Waals surface area contributed by atoms with Crippen molar-refractivity contribution in [1.82, 2.24) is 0 Å². The van der Waals surface area contributed by atoms with E-state index < -0.39 is 0 Å². The van der Waals surface area contributed by atoms with Crippen molar-refractivity contribution in [3.63, 3.8) is 0 Å². The van der Waals surface area contributed by atoms with Gasteiger partial charge in [-0.15, -0.1) is 0 Å². The number of halogens is 2. The van der Waals surface area contributed by atoms with Gasteiger partial charge in [-0.1, -0.05) is 45.7 Å². The van der Waals surface area contributed by atoms with Crippen molar-refractivity contribution >= 4 is 43.0 Å². The van der Waals surface area contributed by atoms with E-state index in [0.717, 1.165) is 12.8 Å². The van der Waals surface area contributed by atoms with Crippen molar-refractivity contribution in [2.75, 3.05) is 0 Å². The second kappa shape index (κ2) is 6.34. The lowest BCUT2D eigenvalue weighted by molar-refractivity contribution is 0.751. The zero-order valence-corrected chi connectivity index (χ0v) is 19.7. The van der Waals surface area contributed by atoms with Crippen molar-refractivity contribution in [2.45, 2.75) is 54.4 Å². The molecule has 0 fully saturated rings. The molecule has 0 nitrogen and oxygen atoms in total. The zero-order chi connectivity index (χ0) is 18.9. The largest absolute Gasteiger partial charge is 0.0581 e. The highest BCUT2D eigenvalue weighted by molar-refractivity contribution is 9.10. The van der Waals surface area contributed by atoms with Crippen LogP contribution in [-0.4, -0.2) is 0 Å². The molecular weight excluding hydrogens is 448 g/mol. The van der Waals surface area contributed by atoms with E-state index in [0.29, 0.717) is 11.8 Å². The molecule has 136 valence electrons. The molecule has 0 N–H and O–H groups in total. The smallest absolute Gasteiger partial charge is 0.0210 e. The Balaban J connectivity index is 2.08. The summed E-state index contributed by atoms with van der Waals surface area (Å²) >= 11 is 7.54. The van der Waals surface area contributed by atoms with E-state index in [-0.39, 0.29) is 0 Å². The third kappa shape index (κ3) is 2.52. The van der Waals surface area contributed by atoms with Gasteiger partial charge in [0.2, 0.25) is 0 Å². The standard InChI is InChI=1S/C24H26Br2/c1-11-7-17-15(5)19(25)9-13(3)21(17)23(11)24-12(2)8-18-16(6)20(26)10-14(4)22(18)24/h9-12H,7-8H2,1-6H3/b24-23+/t11-,12-/m1/s1. The van der Waals surface area contributed by atoms with Crippen LogP contribution in [0.1, 0.15) is 58.4 Å². The summed E-state index contributed by atoms with van der Waals surface area (Å²) in [5, 5.41) is 0. The van der Waals surface area contributed by atoms with Crippen molar-refractivity contribution < 1.29 is 0 Å². The number of benzene rings is 2. The lowest BCUT2D eigenvalue weighted by Crippen LogP contribution is -2.02.